The molecule has 7 nitrogen and oxygen atoms in total. The number of nitrogens with one attached hydrogen (secondary N) is 1. The van der Waals surface area contributed by atoms with Crippen LogP contribution in [0.4, 0.5) is 0 Å². The Morgan fingerprint density at radius 3 is 2.23 bits per heavy atom. The number of benzene rings is 3. The third-order valence-corrected chi connectivity index (χ3v) is 8.09. The summed E-state index contributed by atoms with van der Waals surface area (Å²) in [5.74, 6) is 0.802. The highest BCUT2D eigenvalue weighted by Crippen LogP contribution is 2.29. The van der Waals surface area contributed by atoms with E-state index in [9.17, 15) is 9.59 Å². The largest absolute Gasteiger partial charge is 0.497 e. The Morgan fingerprint density at radius 1 is 0.900 bits per heavy atom. The number of aryl methyl sites for hydroxylation is 2. The van der Waals surface area contributed by atoms with Gasteiger partial charge in [0.2, 0.25) is 5.91 Å². The van der Waals surface area contributed by atoms with Crippen LogP contribution in [-0.4, -0.2) is 78.4 Å². The number of carbonyl (C=O) groups excluding carboxylic acids is 2. The molecule has 3 aromatic rings. The van der Waals surface area contributed by atoms with Gasteiger partial charge in [0.05, 0.1) is 7.11 Å². The molecule has 1 N–H and O–H groups in total. The van der Waals surface area contributed by atoms with E-state index in [4.69, 9.17) is 4.74 Å². The number of amides is 2. The summed E-state index contributed by atoms with van der Waals surface area (Å²) in [6.45, 7) is 8.93. The van der Waals surface area contributed by atoms with Crippen molar-refractivity contribution in [2.24, 2.45) is 0 Å². The molecule has 2 aliphatic heterocycles. The standard InChI is InChI=1S/C33H40N4O3/c1-24-7-11-26(12-8-24)21-36(22-27-5-4-6-30(19-27)40-3)29-20-31(33(39)35-17-15-34-16-18-35)37(23-29)32(38)28-13-9-25(2)10-14-28/h4-14,19,29,31,34H,15-18,20-23H2,1-3H3. The second-order valence-corrected chi connectivity index (χ2v) is 11.0. The van der Waals surface area contributed by atoms with E-state index in [1.165, 1.54) is 11.1 Å². The number of methoxy groups -OCH3 is 1. The highest BCUT2D eigenvalue weighted by atomic mass is 16.5. The molecular weight excluding hydrogens is 500 g/mol. The molecule has 2 saturated heterocycles. The molecule has 40 heavy (non-hydrogen) atoms. The fraction of sp³-hybridized carbons (Fsp3) is 0.394. The Bertz CT molecular complexity index is 1300. The normalized spacial score (nSPS) is 19.2. The van der Waals surface area contributed by atoms with Gasteiger partial charge in [0.1, 0.15) is 11.8 Å². The van der Waals surface area contributed by atoms with Gasteiger partial charge in [-0.1, -0.05) is 59.7 Å². The highest BCUT2D eigenvalue weighted by Gasteiger charge is 2.43. The molecule has 2 heterocycles. The highest BCUT2D eigenvalue weighted by molar-refractivity contribution is 5.98. The summed E-state index contributed by atoms with van der Waals surface area (Å²) < 4.78 is 5.49. The van der Waals surface area contributed by atoms with E-state index in [-0.39, 0.29) is 17.9 Å². The lowest BCUT2D eigenvalue weighted by Crippen LogP contribution is -2.53. The summed E-state index contributed by atoms with van der Waals surface area (Å²) in [4.78, 5) is 33.9. The molecule has 5 rings (SSSR count). The van der Waals surface area contributed by atoms with Crippen molar-refractivity contribution in [2.75, 3.05) is 39.8 Å². The Labute approximate surface area is 237 Å². The van der Waals surface area contributed by atoms with Gasteiger partial charge in [0.25, 0.3) is 5.91 Å². The molecule has 0 saturated carbocycles. The first-order valence-corrected chi connectivity index (χ1v) is 14.2. The summed E-state index contributed by atoms with van der Waals surface area (Å²) in [6.07, 6.45) is 0.607. The molecule has 2 amide bonds. The van der Waals surface area contributed by atoms with Crippen LogP contribution in [0.15, 0.2) is 72.8 Å². The second-order valence-electron chi connectivity index (χ2n) is 11.0. The first kappa shape index (κ1) is 27.9. The van der Waals surface area contributed by atoms with Gasteiger partial charge in [-0.05, 0) is 55.7 Å². The summed E-state index contributed by atoms with van der Waals surface area (Å²) in [5.41, 5.74) is 5.30. The summed E-state index contributed by atoms with van der Waals surface area (Å²) >= 11 is 0. The van der Waals surface area contributed by atoms with Gasteiger partial charge in [0, 0.05) is 57.4 Å². The van der Waals surface area contributed by atoms with Crippen molar-refractivity contribution in [3.05, 3.63) is 101 Å². The fourth-order valence-electron chi connectivity index (χ4n) is 5.74. The van der Waals surface area contributed by atoms with E-state index in [0.717, 1.165) is 36.5 Å². The number of hydrogen-bond donors (Lipinski definition) is 1. The topological polar surface area (TPSA) is 65.1 Å². The predicted octanol–water partition coefficient (Wildman–Crippen LogP) is 4.03. The summed E-state index contributed by atoms with van der Waals surface area (Å²) in [5, 5.41) is 3.33. The van der Waals surface area contributed by atoms with Crippen LogP contribution in [0.2, 0.25) is 0 Å². The van der Waals surface area contributed by atoms with Gasteiger partial charge in [0.15, 0.2) is 0 Å². The van der Waals surface area contributed by atoms with Gasteiger partial charge in [-0.15, -0.1) is 0 Å². The molecule has 2 fully saturated rings. The lowest BCUT2D eigenvalue weighted by atomic mass is 10.1. The quantitative estimate of drug-likeness (QED) is 0.468. The second kappa shape index (κ2) is 12.7. The van der Waals surface area contributed by atoms with Gasteiger partial charge in [-0.25, -0.2) is 0 Å². The van der Waals surface area contributed by atoms with Crippen LogP contribution < -0.4 is 10.1 Å². The zero-order valence-electron chi connectivity index (χ0n) is 23.8. The Hall–Kier alpha value is -3.68. The monoisotopic (exact) mass is 540 g/mol. The van der Waals surface area contributed by atoms with Crippen LogP contribution in [0, 0.1) is 13.8 Å². The number of rotatable bonds is 8. The molecule has 0 bridgehead atoms. The van der Waals surface area contributed by atoms with Gasteiger partial charge in [-0.2, -0.15) is 0 Å². The Balaban J connectivity index is 1.45. The van der Waals surface area contributed by atoms with Crippen LogP contribution in [0.5, 0.6) is 5.75 Å². The molecule has 2 unspecified atom stereocenters. The van der Waals surface area contributed by atoms with E-state index in [2.05, 4.69) is 53.5 Å². The maximum Gasteiger partial charge on any atom is 0.254 e. The molecule has 2 atom stereocenters. The van der Waals surface area contributed by atoms with Crippen LogP contribution in [0.25, 0.3) is 0 Å². The van der Waals surface area contributed by atoms with Crippen LogP contribution in [0.1, 0.15) is 39.0 Å². The zero-order chi connectivity index (χ0) is 28.1. The minimum atomic E-state index is -0.484. The van der Waals surface area contributed by atoms with Crippen molar-refractivity contribution in [3.63, 3.8) is 0 Å². The van der Waals surface area contributed by atoms with Gasteiger partial charge in [-0.3, -0.25) is 14.5 Å². The van der Waals surface area contributed by atoms with Crippen LogP contribution in [0.3, 0.4) is 0 Å². The smallest absolute Gasteiger partial charge is 0.254 e. The Kier molecular flexibility index (Phi) is 8.82. The van der Waals surface area contributed by atoms with Crippen molar-refractivity contribution in [3.8, 4) is 5.75 Å². The first-order valence-electron chi connectivity index (χ1n) is 14.2. The third-order valence-electron chi connectivity index (χ3n) is 8.09. The van der Waals surface area contributed by atoms with E-state index < -0.39 is 6.04 Å². The number of hydrogen-bond acceptors (Lipinski definition) is 5. The average molecular weight is 541 g/mol. The number of nitrogens with zero attached hydrogens (tertiary/aromatic N) is 3. The molecule has 3 aromatic carbocycles. The predicted molar refractivity (Wildman–Crippen MR) is 157 cm³/mol. The van der Waals surface area contributed by atoms with E-state index >= 15 is 0 Å². The lowest BCUT2D eigenvalue weighted by molar-refractivity contribution is -0.135. The molecule has 7 heteroatoms. The Morgan fingerprint density at radius 2 is 1.55 bits per heavy atom. The molecule has 0 aliphatic carbocycles. The van der Waals surface area contributed by atoms with Crippen molar-refractivity contribution in [1.82, 2.24) is 20.0 Å². The first-order chi connectivity index (χ1) is 19.4. The third kappa shape index (κ3) is 6.54. The van der Waals surface area contributed by atoms with Crippen LogP contribution >= 0.6 is 0 Å². The SMILES string of the molecule is COc1cccc(CN(Cc2ccc(C)cc2)C2CC(C(=O)N3CCNCC3)N(C(=O)c3ccc(C)cc3)C2)c1. The molecule has 0 spiro atoms. The van der Waals surface area contributed by atoms with Crippen molar-refractivity contribution >= 4 is 11.8 Å². The minimum absolute atomic E-state index is 0.0266. The van der Waals surface area contributed by atoms with Crippen molar-refractivity contribution in [2.45, 2.75) is 45.4 Å². The summed E-state index contributed by atoms with van der Waals surface area (Å²) in [6, 6.07) is 24.0. The van der Waals surface area contributed by atoms with E-state index in [1.807, 2.05) is 53.1 Å². The van der Waals surface area contributed by atoms with E-state index in [1.54, 1.807) is 7.11 Å². The minimum Gasteiger partial charge on any atom is -0.497 e. The lowest BCUT2D eigenvalue weighted by Gasteiger charge is -2.32. The molecule has 210 valence electrons. The number of piperazine rings is 1. The van der Waals surface area contributed by atoms with Gasteiger partial charge >= 0.3 is 0 Å². The summed E-state index contributed by atoms with van der Waals surface area (Å²) in [7, 11) is 1.68. The molecular formula is C33H40N4O3. The molecule has 2 aliphatic rings. The average Bonchev–Trinajstić information content (AvgIpc) is 3.44. The fourth-order valence-corrected chi connectivity index (χ4v) is 5.74. The van der Waals surface area contributed by atoms with Crippen LogP contribution in [-0.2, 0) is 17.9 Å². The maximum absolute atomic E-state index is 13.9. The molecule has 0 radical (unpaired) electrons. The van der Waals surface area contributed by atoms with Crippen molar-refractivity contribution in [1.29, 1.82) is 0 Å². The number of carbonyl (C=O) groups is 2. The van der Waals surface area contributed by atoms with E-state index in [0.29, 0.717) is 38.2 Å². The van der Waals surface area contributed by atoms with Gasteiger partial charge < -0.3 is 19.9 Å². The zero-order valence-corrected chi connectivity index (χ0v) is 23.8. The molecule has 0 aromatic heterocycles. The maximum atomic E-state index is 13.9. The number of ether oxygens (including phenoxy) is 1. The van der Waals surface area contributed by atoms with Crippen molar-refractivity contribution < 1.29 is 14.3 Å². The number of likely N-dealkylation sites (tertiary alicyclic amines) is 1.